The first kappa shape index (κ1) is 14.4. The molecule has 1 aliphatic rings. The van der Waals surface area contributed by atoms with Crippen LogP contribution >= 0.6 is 0 Å². The molecule has 8 nitrogen and oxygen atoms in total. The molecule has 1 aromatic heterocycles. The number of amides is 1. The number of carbonyl (C=O) groups excluding carboxylic acids is 1. The summed E-state index contributed by atoms with van der Waals surface area (Å²) >= 11 is 0. The van der Waals surface area contributed by atoms with E-state index < -0.39 is 5.97 Å². The Labute approximate surface area is 116 Å². The summed E-state index contributed by atoms with van der Waals surface area (Å²) in [6.45, 7) is -0.0484. The maximum absolute atomic E-state index is 11.9. The summed E-state index contributed by atoms with van der Waals surface area (Å²) in [6.07, 6.45) is 5.28. The molecule has 1 aromatic rings. The molecule has 1 fully saturated rings. The molecule has 2 rings (SSSR count). The normalized spacial score (nSPS) is 22.4. The van der Waals surface area contributed by atoms with E-state index in [-0.39, 0.29) is 30.3 Å². The fourth-order valence-corrected chi connectivity index (χ4v) is 2.42. The highest BCUT2D eigenvalue weighted by atomic mass is 16.5. The number of carbonyl (C=O) groups is 2. The summed E-state index contributed by atoms with van der Waals surface area (Å²) in [5.41, 5.74) is -0.176. The lowest BCUT2D eigenvalue weighted by atomic mass is 9.92. The summed E-state index contributed by atoms with van der Waals surface area (Å²) in [5, 5.41) is 18.7. The number of aromatic nitrogens is 3. The highest BCUT2D eigenvalue weighted by Crippen LogP contribution is 2.20. The van der Waals surface area contributed by atoms with Crippen molar-refractivity contribution in [2.75, 3.05) is 7.11 Å². The van der Waals surface area contributed by atoms with Crippen LogP contribution in [-0.2, 0) is 16.1 Å². The van der Waals surface area contributed by atoms with Gasteiger partial charge in [-0.05, 0) is 12.8 Å². The van der Waals surface area contributed by atoms with E-state index in [9.17, 15) is 9.59 Å². The Morgan fingerprint density at radius 3 is 2.90 bits per heavy atom. The van der Waals surface area contributed by atoms with Crippen molar-refractivity contribution in [3.8, 4) is 0 Å². The third-order valence-electron chi connectivity index (χ3n) is 3.42. The van der Waals surface area contributed by atoms with Crippen molar-refractivity contribution in [2.24, 2.45) is 0 Å². The monoisotopic (exact) mass is 282 g/mol. The molecule has 0 aliphatic heterocycles. The van der Waals surface area contributed by atoms with E-state index in [0.29, 0.717) is 0 Å². The number of nitrogens with one attached hydrogen (secondary N) is 1. The van der Waals surface area contributed by atoms with Crippen molar-refractivity contribution in [3.05, 3.63) is 11.9 Å². The molecular formula is C12H18N4O4. The second-order valence-corrected chi connectivity index (χ2v) is 4.84. The lowest BCUT2D eigenvalue weighted by molar-refractivity contribution is -0.124. The molecule has 20 heavy (non-hydrogen) atoms. The van der Waals surface area contributed by atoms with E-state index in [2.05, 4.69) is 15.6 Å². The minimum atomic E-state index is -1.16. The van der Waals surface area contributed by atoms with Gasteiger partial charge in [0.25, 0.3) is 0 Å². The van der Waals surface area contributed by atoms with Gasteiger partial charge >= 0.3 is 5.97 Å². The standard InChI is InChI=1S/C12H18N4O4/c1-20-10-5-3-2-4-8(10)13-11(17)7-16-6-9(12(18)19)14-15-16/h6,8,10H,2-5,7H2,1H3,(H,13,17)(H,18,19)/t8-,10-/m0/s1. The van der Waals surface area contributed by atoms with Gasteiger partial charge in [-0.25, -0.2) is 9.48 Å². The average Bonchev–Trinajstić information content (AvgIpc) is 2.88. The molecular weight excluding hydrogens is 264 g/mol. The van der Waals surface area contributed by atoms with Gasteiger partial charge in [0.2, 0.25) is 5.91 Å². The van der Waals surface area contributed by atoms with Gasteiger partial charge in [-0.2, -0.15) is 0 Å². The Bertz CT molecular complexity index is 488. The highest BCUT2D eigenvalue weighted by molar-refractivity contribution is 5.84. The van der Waals surface area contributed by atoms with Crippen molar-refractivity contribution in [1.29, 1.82) is 0 Å². The molecule has 1 saturated carbocycles. The lowest BCUT2D eigenvalue weighted by Crippen LogP contribution is -2.47. The number of aromatic carboxylic acids is 1. The van der Waals surface area contributed by atoms with Crippen LogP contribution in [0.4, 0.5) is 0 Å². The van der Waals surface area contributed by atoms with E-state index in [0.717, 1.165) is 25.7 Å². The summed E-state index contributed by atoms with van der Waals surface area (Å²) in [5.74, 6) is -1.39. The summed E-state index contributed by atoms with van der Waals surface area (Å²) < 4.78 is 6.57. The molecule has 0 unspecified atom stereocenters. The molecule has 0 bridgehead atoms. The van der Waals surface area contributed by atoms with Crippen molar-refractivity contribution in [2.45, 2.75) is 44.4 Å². The van der Waals surface area contributed by atoms with Gasteiger partial charge in [-0.1, -0.05) is 18.1 Å². The van der Waals surface area contributed by atoms with Crippen LogP contribution in [0.2, 0.25) is 0 Å². The van der Waals surface area contributed by atoms with Crippen molar-refractivity contribution >= 4 is 11.9 Å². The second-order valence-electron chi connectivity index (χ2n) is 4.84. The van der Waals surface area contributed by atoms with Crippen LogP contribution in [0.1, 0.15) is 36.2 Å². The first-order chi connectivity index (χ1) is 9.60. The number of rotatable bonds is 5. The summed E-state index contributed by atoms with van der Waals surface area (Å²) in [6, 6.07) is 0.00344. The average molecular weight is 282 g/mol. The van der Waals surface area contributed by atoms with Crippen molar-refractivity contribution in [3.63, 3.8) is 0 Å². The molecule has 2 atom stereocenters. The van der Waals surface area contributed by atoms with Gasteiger partial charge in [0.15, 0.2) is 5.69 Å². The van der Waals surface area contributed by atoms with Crippen LogP contribution in [0.25, 0.3) is 0 Å². The third-order valence-corrected chi connectivity index (χ3v) is 3.42. The summed E-state index contributed by atoms with van der Waals surface area (Å²) in [4.78, 5) is 22.6. The van der Waals surface area contributed by atoms with Gasteiger partial charge in [0, 0.05) is 7.11 Å². The van der Waals surface area contributed by atoms with Crippen molar-refractivity contribution in [1.82, 2.24) is 20.3 Å². The van der Waals surface area contributed by atoms with E-state index in [4.69, 9.17) is 9.84 Å². The van der Waals surface area contributed by atoms with Gasteiger partial charge in [-0.15, -0.1) is 5.10 Å². The Kier molecular flexibility index (Phi) is 4.67. The van der Waals surface area contributed by atoms with Gasteiger partial charge < -0.3 is 15.2 Å². The van der Waals surface area contributed by atoms with E-state index in [1.54, 1.807) is 7.11 Å². The van der Waals surface area contributed by atoms with Crippen LogP contribution in [0.5, 0.6) is 0 Å². The predicted molar refractivity (Wildman–Crippen MR) is 68.2 cm³/mol. The maximum Gasteiger partial charge on any atom is 0.358 e. The molecule has 0 radical (unpaired) electrons. The van der Waals surface area contributed by atoms with Gasteiger partial charge in [-0.3, -0.25) is 4.79 Å². The van der Waals surface area contributed by atoms with E-state index >= 15 is 0 Å². The number of ether oxygens (including phenoxy) is 1. The maximum atomic E-state index is 11.9. The zero-order valence-corrected chi connectivity index (χ0v) is 11.3. The van der Waals surface area contributed by atoms with E-state index in [1.807, 2.05) is 0 Å². The third kappa shape index (κ3) is 3.53. The zero-order chi connectivity index (χ0) is 14.5. The Balaban J connectivity index is 1.89. The number of nitrogens with zero attached hydrogens (tertiary/aromatic N) is 3. The minimum Gasteiger partial charge on any atom is -0.476 e. The lowest BCUT2D eigenvalue weighted by Gasteiger charge is -2.30. The van der Waals surface area contributed by atoms with Crippen LogP contribution in [0.3, 0.4) is 0 Å². The number of hydrogen-bond acceptors (Lipinski definition) is 5. The second kappa shape index (κ2) is 6.47. The van der Waals surface area contributed by atoms with Crippen LogP contribution in [-0.4, -0.2) is 51.2 Å². The molecule has 1 heterocycles. The van der Waals surface area contributed by atoms with Gasteiger partial charge in [0.05, 0.1) is 18.3 Å². The molecule has 1 amide bonds. The fraction of sp³-hybridized carbons (Fsp3) is 0.667. The Hall–Kier alpha value is -1.96. The number of carboxylic acid groups (broad SMARTS) is 1. The number of carboxylic acids is 1. The molecule has 110 valence electrons. The summed E-state index contributed by atoms with van der Waals surface area (Å²) in [7, 11) is 1.64. The topological polar surface area (TPSA) is 106 Å². The molecule has 0 spiro atoms. The highest BCUT2D eigenvalue weighted by Gasteiger charge is 2.26. The van der Waals surface area contributed by atoms with Crippen LogP contribution in [0.15, 0.2) is 6.20 Å². The molecule has 0 aromatic carbocycles. The van der Waals surface area contributed by atoms with Crippen LogP contribution in [0, 0.1) is 0 Å². The first-order valence-electron chi connectivity index (χ1n) is 6.55. The molecule has 2 N–H and O–H groups in total. The number of methoxy groups -OCH3 is 1. The predicted octanol–water partition coefficient (Wildman–Crippen LogP) is 0.0501. The first-order valence-corrected chi connectivity index (χ1v) is 6.55. The molecule has 1 aliphatic carbocycles. The Morgan fingerprint density at radius 2 is 2.25 bits per heavy atom. The van der Waals surface area contributed by atoms with E-state index in [1.165, 1.54) is 10.9 Å². The molecule has 8 heteroatoms. The van der Waals surface area contributed by atoms with Crippen LogP contribution < -0.4 is 5.32 Å². The zero-order valence-electron chi connectivity index (χ0n) is 11.3. The largest absolute Gasteiger partial charge is 0.476 e. The quantitative estimate of drug-likeness (QED) is 0.790. The van der Waals surface area contributed by atoms with Crippen molar-refractivity contribution < 1.29 is 19.4 Å². The SMILES string of the molecule is CO[C@H]1CCCC[C@@H]1NC(=O)Cn1cc(C(=O)O)nn1. The number of hydrogen-bond donors (Lipinski definition) is 2. The Morgan fingerprint density at radius 1 is 1.50 bits per heavy atom. The fourth-order valence-electron chi connectivity index (χ4n) is 2.42. The minimum absolute atomic E-state index is 0.00344. The van der Waals surface area contributed by atoms with Gasteiger partial charge in [0.1, 0.15) is 6.54 Å². The molecule has 0 saturated heterocycles. The smallest absolute Gasteiger partial charge is 0.358 e.